The minimum atomic E-state index is 0.0246. The van der Waals surface area contributed by atoms with E-state index in [0.717, 1.165) is 17.1 Å². The van der Waals surface area contributed by atoms with E-state index in [9.17, 15) is 4.79 Å². The van der Waals surface area contributed by atoms with Gasteiger partial charge in [0.05, 0.1) is 18.5 Å². The van der Waals surface area contributed by atoms with Gasteiger partial charge >= 0.3 is 0 Å². The van der Waals surface area contributed by atoms with Crippen LogP contribution >= 0.6 is 0 Å². The van der Waals surface area contributed by atoms with Gasteiger partial charge in [-0.25, -0.2) is 4.68 Å². The first kappa shape index (κ1) is 13.3. The zero-order valence-electron chi connectivity index (χ0n) is 11.4. The standard InChI is InChI=1S/C14H17N3O2/c1-4-12-14(13(18)5-2)15-16-17(12)10-6-8-11(19-3)9-7-10/h6-9H,4-5H2,1-3H3. The van der Waals surface area contributed by atoms with Crippen LogP contribution in [0.2, 0.25) is 0 Å². The van der Waals surface area contributed by atoms with Crippen LogP contribution in [0.15, 0.2) is 24.3 Å². The van der Waals surface area contributed by atoms with Crippen LogP contribution in [-0.2, 0) is 6.42 Å². The van der Waals surface area contributed by atoms with E-state index >= 15 is 0 Å². The van der Waals surface area contributed by atoms with E-state index in [1.165, 1.54) is 0 Å². The van der Waals surface area contributed by atoms with Gasteiger partial charge in [0.25, 0.3) is 0 Å². The Balaban J connectivity index is 2.44. The van der Waals surface area contributed by atoms with E-state index in [0.29, 0.717) is 18.5 Å². The van der Waals surface area contributed by atoms with Gasteiger partial charge in [-0.3, -0.25) is 4.79 Å². The Morgan fingerprint density at radius 1 is 1.26 bits per heavy atom. The number of nitrogens with zero attached hydrogens (tertiary/aromatic N) is 3. The van der Waals surface area contributed by atoms with E-state index in [-0.39, 0.29) is 5.78 Å². The van der Waals surface area contributed by atoms with Crippen LogP contribution in [0, 0.1) is 0 Å². The third-order valence-electron chi connectivity index (χ3n) is 3.00. The highest BCUT2D eigenvalue weighted by Gasteiger charge is 2.17. The number of rotatable bonds is 5. The Kier molecular flexibility index (Phi) is 3.94. The predicted octanol–water partition coefficient (Wildman–Crippen LogP) is 2.43. The largest absolute Gasteiger partial charge is 0.497 e. The van der Waals surface area contributed by atoms with Crippen molar-refractivity contribution in [2.75, 3.05) is 7.11 Å². The van der Waals surface area contributed by atoms with Crippen molar-refractivity contribution in [1.29, 1.82) is 0 Å². The second-order valence-corrected chi connectivity index (χ2v) is 4.12. The normalized spacial score (nSPS) is 10.5. The average molecular weight is 259 g/mol. The quantitative estimate of drug-likeness (QED) is 0.774. The number of ketones is 1. The Hall–Kier alpha value is -2.17. The molecule has 5 heteroatoms. The summed E-state index contributed by atoms with van der Waals surface area (Å²) >= 11 is 0. The molecule has 0 amide bonds. The molecule has 0 spiro atoms. The number of methoxy groups -OCH3 is 1. The van der Waals surface area contributed by atoms with Crippen LogP contribution < -0.4 is 4.74 Å². The van der Waals surface area contributed by atoms with Crippen LogP contribution in [0.3, 0.4) is 0 Å². The number of benzene rings is 1. The minimum absolute atomic E-state index is 0.0246. The van der Waals surface area contributed by atoms with E-state index in [2.05, 4.69) is 10.3 Å². The molecule has 0 unspecified atom stereocenters. The van der Waals surface area contributed by atoms with Gasteiger partial charge in [0.2, 0.25) is 0 Å². The molecule has 19 heavy (non-hydrogen) atoms. The summed E-state index contributed by atoms with van der Waals surface area (Å²) in [5.74, 6) is 0.809. The van der Waals surface area contributed by atoms with Crippen LogP contribution in [0.4, 0.5) is 0 Å². The fourth-order valence-electron chi connectivity index (χ4n) is 1.93. The lowest BCUT2D eigenvalue weighted by Crippen LogP contribution is -2.05. The molecule has 100 valence electrons. The topological polar surface area (TPSA) is 57.0 Å². The summed E-state index contributed by atoms with van der Waals surface area (Å²) in [6.07, 6.45) is 1.15. The third kappa shape index (κ3) is 2.50. The maximum atomic E-state index is 11.8. The fourth-order valence-corrected chi connectivity index (χ4v) is 1.93. The predicted molar refractivity (Wildman–Crippen MR) is 71.9 cm³/mol. The number of hydrogen-bond donors (Lipinski definition) is 0. The van der Waals surface area contributed by atoms with Gasteiger partial charge in [0.15, 0.2) is 11.5 Å². The second-order valence-electron chi connectivity index (χ2n) is 4.12. The minimum Gasteiger partial charge on any atom is -0.497 e. The first-order chi connectivity index (χ1) is 9.21. The summed E-state index contributed by atoms with van der Waals surface area (Å²) in [5.41, 5.74) is 2.19. The summed E-state index contributed by atoms with van der Waals surface area (Å²) in [6, 6.07) is 7.51. The first-order valence-corrected chi connectivity index (χ1v) is 6.33. The summed E-state index contributed by atoms with van der Waals surface area (Å²) in [7, 11) is 1.62. The molecule has 0 saturated heterocycles. The van der Waals surface area contributed by atoms with Crippen molar-refractivity contribution in [2.45, 2.75) is 26.7 Å². The molecule has 0 aliphatic heterocycles. The van der Waals surface area contributed by atoms with Crippen LogP contribution in [-0.4, -0.2) is 27.9 Å². The second kappa shape index (κ2) is 5.65. The molecule has 5 nitrogen and oxygen atoms in total. The molecule has 1 heterocycles. The van der Waals surface area contributed by atoms with E-state index in [1.807, 2.05) is 38.1 Å². The van der Waals surface area contributed by atoms with Crippen LogP contribution in [0.25, 0.3) is 5.69 Å². The lowest BCUT2D eigenvalue weighted by molar-refractivity contribution is 0.0982. The van der Waals surface area contributed by atoms with Gasteiger partial charge in [-0.1, -0.05) is 19.1 Å². The van der Waals surface area contributed by atoms with Crippen molar-refractivity contribution >= 4 is 5.78 Å². The number of hydrogen-bond acceptors (Lipinski definition) is 4. The lowest BCUT2D eigenvalue weighted by atomic mass is 10.1. The van der Waals surface area contributed by atoms with Crippen molar-refractivity contribution in [1.82, 2.24) is 15.0 Å². The van der Waals surface area contributed by atoms with Gasteiger partial charge in [-0.2, -0.15) is 0 Å². The van der Waals surface area contributed by atoms with E-state index < -0.39 is 0 Å². The highest BCUT2D eigenvalue weighted by atomic mass is 16.5. The van der Waals surface area contributed by atoms with Crippen molar-refractivity contribution in [3.8, 4) is 11.4 Å². The third-order valence-corrected chi connectivity index (χ3v) is 3.00. The van der Waals surface area contributed by atoms with Crippen molar-refractivity contribution in [3.05, 3.63) is 35.7 Å². The molecule has 1 aromatic heterocycles. The molecule has 1 aromatic carbocycles. The first-order valence-electron chi connectivity index (χ1n) is 6.33. The molecule has 0 atom stereocenters. The van der Waals surface area contributed by atoms with E-state index in [4.69, 9.17) is 4.74 Å². The molecule has 0 radical (unpaired) electrons. The van der Waals surface area contributed by atoms with Gasteiger partial charge in [0.1, 0.15) is 5.75 Å². The summed E-state index contributed by atoms with van der Waals surface area (Å²) in [5, 5.41) is 8.10. The smallest absolute Gasteiger partial charge is 0.184 e. The molecule has 0 fully saturated rings. The van der Waals surface area contributed by atoms with Gasteiger partial charge in [-0.05, 0) is 30.7 Å². The Labute approximate surface area is 112 Å². The van der Waals surface area contributed by atoms with Crippen molar-refractivity contribution in [3.63, 3.8) is 0 Å². The number of carbonyl (C=O) groups excluding carboxylic acids is 1. The van der Waals surface area contributed by atoms with E-state index in [1.54, 1.807) is 11.8 Å². The molecule has 0 N–H and O–H groups in total. The van der Waals surface area contributed by atoms with Gasteiger partial charge in [0, 0.05) is 6.42 Å². The summed E-state index contributed by atoms with van der Waals surface area (Å²) in [4.78, 5) is 11.8. The molecular weight excluding hydrogens is 242 g/mol. The Morgan fingerprint density at radius 3 is 2.47 bits per heavy atom. The zero-order valence-corrected chi connectivity index (χ0v) is 11.4. The lowest BCUT2D eigenvalue weighted by Gasteiger charge is -2.06. The zero-order chi connectivity index (χ0) is 13.8. The fraction of sp³-hybridized carbons (Fsp3) is 0.357. The summed E-state index contributed by atoms with van der Waals surface area (Å²) < 4.78 is 6.83. The molecule has 0 aliphatic rings. The SMILES string of the molecule is CCC(=O)c1nnn(-c2ccc(OC)cc2)c1CC. The van der Waals surface area contributed by atoms with Crippen LogP contribution in [0.5, 0.6) is 5.75 Å². The molecule has 2 aromatic rings. The number of Topliss-reactive ketones (excluding diaryl/α,β-unsaturated/α-hetero) is 1. The number of carbonyl (C=O) groups is 1. The molecule has 2 rings (SSSR count). The maximum absolute atomic E-state index is 11.8. The van der Waals surface area contributed by atoms with Gasteiger partial charge < -0.3 is 4.74 Å². The molecule has 0 aliphatic carbocycles. The van der Waals surface area contributed by atoms with Gasteiger partial charge in [-0.15, -0.1) is 5.10 Å². The Morgan fingerprint density at radius 2 is 1.95 bits per heavy atom. The highest BCUT2D eigenvalue weighted by molar-refractivity contribution is 5.95. The maximum Gasteiger partial charge on any atom is 0.184 e. The number of ether oxygens (including phenoxy) is 1. The number of aromatic nitrogens is 3. The molecule has 0 bridgehead atoms. The van der Waals surface area contributed by atoms with Crippen molar-refractivity contribution < 1.29 is 9.53 Å². The average Bonchev–Trinajstić information content (AvgIpc) is 2.90. The monoisotopic (exact) mass is 259 g/mol. The Bertz CT molecular complexity index is 573. The molecular formula is C14H17N3O2. The van der Waals surface area contributed by atoms with Crippen molar-refractivity contribution in [2.24, 2.45) is 0 Å². The van der Waals surface area contributed by atoms with Crippen LogP contribution in [0.1, 0.15) is 36.5 Å². The highest BCUT2D eigenvalue weighted by Crippen LogP contribution is 2.18. The summed E-state index contributed by atoms with van der Waals surface area (Å²) in [6.45, 7) is 3.82. The molecule has 0 saturated carbocycles.